The molecule has 2 aromatic carbocycles. The van der Waals surface area contributed by atoms with Gasteiger partial charge in [0.05, 0.1) is 11.3 Å². The van der Waals surface area contributed by atoms with Gasteiger partial charge in [-0.2, -0.15) is 5.26 Å². The van der Waals surface area contributed by atoms with E-state index >= 15 is 0 Å². The highest BCUT2D eigenvalue weighted by Crippen LogP contribution is 2.18. The van der Waals surface area contributed by atoms with Crippen LogP contribution in [0.25, 0.3) is 0 Å². The van der Waals surface area contributed by atoms with Gasteiger partial charge in [-0.1, -0.05) is 28.1 Å². The molecule has 21 heavy (non-hydrogen) atoms. The van der Waals surface area contributed by atoms with Gasteiger partial charge in [0, 0.05) is 4.47 Å². The number of para-hydroxylation sites is 1. The van der Waals surface area contributed by atoms with Gasteiger partial charge in [0.2, 0.25) is 0 Å². The van der Waals surface area contributed by atoms with Crippen molar-refractivity contribution in [3.05, 3.63) is 58.6 Å². The molecule has 0 aromatic heterocycles. The fraction of sp³-hybridized carbons (Fsp3) is 0.125. The number of nitrogens with one attached hydrogen (secondary N) is 1. The van der Waals surface area contributed by atoms with E-state index in [0.29, 0.717) is 17.0 Å². The first kappa shape index (κ1) is 15.1. The average Bonchev–Trinajstić information content (AvgIpc) is 2.50. The summed E-state index contributed by atoms with van der Waals surface area (Å²) in [5.41, 5.74) is 0.901. The number of amides is 1. The van der Waals surface area contributed by atoms with Crippen molar-refractivity contribution in [3.8, 4) is 11.8 Å². The zero-order chi connectivity index (χ0) is 15.2. The largest absolute Gasteiger partial charge is 0.481 e. The zero-order valence-electron chi connectivity index (χ0n) is 11.3. The minimum Gasteiger partial charge on any atom is -0.481 e. The van der Waals surface area contributed by atoms with Gasteiger partial charge in [-0.3, -0.25) is 4.79 Å². The predicted molar refractivity (Wildman–Crippen MR) is 84.0 cm³/mol. The van der Waals surface area contributed by atoms with Gasteiger partial charge in [0.25, 0.3) is 5.91 Å². The Bertz CT molecular complexity index is 677. The normalized spacial score (nSPS) is 11.3. The molecule has 1 atom stereocenters. The summed E-state index contributed by atoms with van der Waals surface area (Å²) in [6.07, 6.45) is -0.669. The Morgan fingerprint density at radius 1 is 1.24 bits per heavy atom. The standard InChI is InChI=1S/C16H13BrN2O2/c1-11(21-14-8-6-13(17)7-9-14)16(20)19-15-5-3-2-4-12(15)10-18/h2-9,11H,1H3,(H,19,20)/t11-/m0/s1. The zero-order valence-corrected chi connectivity index (χ0v) is 12.9. The van der Waals surface area contributed by atoms with Crippen LogP contribution in [0.15, 0.2) is 53.0 Å². The van der Waals surface area contributed by atoms with Crippen LogP contribution in [-0.4, -0.2) is 12.0 Å². The van der Waals surface area contributed by atoms with Crippen molar-refractivity contribution in [3.63, 3.8) is 0 Å². The Balaban J connectivity index is 2.03. The molecule has 0 fully saturated rings. The molecule has 2 aromatic rings. The predicted octanol–water partition coefficient (Wildman–Crippen LogP) is 3.73. The lowest BCUT2D eigenvalue weighted by Gasteiger charge is -2.15. The Morgan fingerprint density at radius 3 is 2.57 bits per heavy atom. The number of ether oxygens (including phenoxy) is 1. The number of carbonyl (C=O) groups is 1. The fourth-order valence-corrected chi connectivity index (χ4v) is 1.96. The van der Waals surface area contributed by atoms with Gasteiger partial charge in [0.1, 0.15) is 11.8 Å². The molecule has 0 saturated heterocycles. The second-order valence-electron chi connectivity index (χ2n) is 4.36. The van der Waals surface area contributed by atoms with Crippen molar-refractivity contribution in [2.24, 2.45) is 0 Å². The van der Waals surface area contributed by atoms with Gasteiger partial charge in [-0.25, -0.2) is 0 Å². The lowest BCUT2D eigenvalue weighted by molar-refractivity contribution is -0.122. The first-order valence-electron chi connectivity index (χ1n) is 6.32. The second kappa shape index (κ2) is 6.91. The van der Waals surface area contributed by atoms with E-state index in [1.807, 2.05) is 18.2 Å². The van der Waals surface area contributed by atoms with Gasteiger partial charge in [-0.15, -0.1) is 0 Å². The summed E-state index contributed by atoms with van der Waals surface area (Å²) in [6, 6.07) is 16.1. The van der Waals surface area contributed by atoms with Crippen LogP contribution in [-0.2, 0) is 4.79 Å². The molecule has 4 nitrogen and oxygen atoms in total. The van der Waals surface area contributed by atoms with Crippen LogP contribution in [0.2, 0.25) is 0 Å². The molecular formula is C16H13BrN2O2. The minimum absolute atomic E-state index is 0.305. The maximum Gasteiger partial charge on any atom is 0.265 e. The third kappa shape index (κ3) is 4.07. The van der Waals surface area contributed by atoms with Gasteiger partial charge in [0.15, 0.2) is 6.10 Å². The fourth-order valence-electron chi connectivity index (χ4n) is 1.69. The highest BCUT2D eigenvalue weighted by molar-refractivity contribution is 9.10. The van der Waals surface area contributed by atoms with Crippen molar-refractivity contribution in [1.29, 1.82) is 5.26 Å². The quantitative estimate of drug-likeness (QED) is 0.919. The molecule has 1 N–H and O–H groups in total. The number of anilines is 1. The van der Waals surface area contributed by atoms with Gasteiger partial charge >= 0.3 is 0 Å². The van der Waals surface area contributed by atoms with E-state index in [1.54, 1.807) is 43.3 Å². The number of hydrogen-bond donors (Lipinski definition) is 1. The third-order valence-electron chi connectivity index (χ3n) is 2.80. The van der Waals surface area contributed by atoms with E-state index < -0.39 is 6.10 Å². The number of nitriles is 1. The van der Waals surface area contributed by atoms with Crippen LogP contribution in [0.4, 0.5) is 5.69 Å². The number of carbonyl (C=O) groups excluding carboxylic acids is 1. The number of halogens is 1. The molecule has 0 heterocycles. The molecule has 0 bridgehead atoms. The molecule has 0 spiro atoms. The molecular weight excluding hydrogens is 332 g/mol. The summed E-state index contributed by atoms with van der Waals surface area (Å²) in [5, 5.41) is 11.7. The van der Waals surface area contributed by atoms with Crippen molar-refractivity contribution < 1.29 is 9.53 Å². The maximum atomic E-state index is 12.1. The van der Waals surface area contributed by atoms with Crippen LogP contribution in [0.1, 0.15) is 12.5 Å². The summed E-state index contributed by atoms with van der Waals surface area (Å²) in [6.45, 7) is 1.66. The van der Waals surface area contributed by atoms with Crippen molar-refractivity contribution in [2.75, 3.05) is 5.32 Å². The molecule has 2 rings (SSSR count). The van der Waals surface area contributed by atoms with Crippen LogP contribution < -0.4 is 10.1 Å². The average molecular weight is 345 g/mol. The first-order chi connectivity index (χ1) is 10.1. The van der Waals surface area contributed by atoms with E-state index in [4.69, 9.17) is 10.00 Å². The van der Waals surface area contributed by atoms with E-state index in [9.17, 15) is 4.79 Å². The van der Waals surface area contributed by atoms with E-state index in [1.165, 1.54) is 0 Å². The lowest BCUT2D eigenvalue weighted by atomic mass is 10.2. The lowest BCUT2D eigenvalue weighted by Crippen LogP contribution is -2.30. The Kier molecular flexibility index (Phi) is 4.96. The molecule has 0 saturated carbocycles. The monoisotopic (exact) mass is 344 g/mol. The van der Waals surface area contributed by atoms with Gasteiger partial charge < -0.3 is 10.1 Å². The van der Waals surface area contributed by atoms with Crippen LogP contribution >= 0.6 is 15.9 Å². The van der Waals surface area contributed by atoms with Gasteiger partial charge in [-0.05, 0) is 43.3 Å². The van der Waals surface area contributed by atoms with Crippen LogP contribution in [0.5, 0.6) is 5.75 Å². The number of hydrogen-bond acceptors (Lipinski definition) is 3. The second-order valence-corrected chi connectivity index (χ2v) is 5.28. The SMILES string of the molecule is C[C@H](Oc1ccc(Br)cc1)C(=O)Nc1ccccc1C#N. The summed E-state index contributed by atoms with van der Waals surface area (Å²) < 4.78 is 6.50. The third-order valence-corrected chi connectivity index (χ3v) is 3.33. The number of benzene rings is 2. The highest BCUT2D eigenvalue weighted by atomic mass is 79.9. The van der Waals surface area contributed by atoms with E-state index in [0.717, 1.165) is 4.47 Å². The Labute approximate surface area is 131 Å². The molecule has 5 heteroatoms. The summed E-state index contributed by atoms with van der Waals surface area (Å²) in [4.78, 5) is 12.1. The maximum absolute atomic E-state index is 12.1. The highest BCUT2D eigenvalue weighted by Gasteiger charge is 2.16. The molecule has 0 aliphatic carbocycles. The van der Waals surface area contributed by atoms with Crippen LogP contribution in [0, 0.1) is 11.3 Å². The number of nitrogens with zero attached hydrogens (tertiary/aromatic N) is 1. The Hall–Kier alpha value is -2.32. The van der Waals surface area contributed by atoms with E-state index in [2.05, 4.69) is 21.2 Å². The Morgan fingerprint density at radius 2 is 1.90 bits per heavy atom. The summed E-state index contributed by atoms with van der Waals surface area (Å²) in [5.74, 6) is 0.301. The molecule has 106 valence electrons. The first-order valence-corrected chi connectivity index (χ1v) is 7.11. The van der Waals surface area contributed by atoms with Crippen molar-refractivity contribution in [1.82, 2.24) is 0 Å². The molecule has 1 amide bonds. The molecule has 0 aliphatic heterocycles. The van der Waals surface area contributed by atoms with Crippen molar-refractivity contribution >= 4 is 27.5 Å². The van der Waals surface area contributed by atoms with Crippen LogP contribution in [0.3, 0.4) is 0 Å². The van der Waals surface area contributed by atoms with E-state index in [-0.39, 0.29) is 5.91 Å². The van der Waals surface area contributed by atoms with Crippen molar-refractivity contribution in [2.45, 2.75) is 13.0 Å². The summed E-state index contributed by atoms with van der Waals surface area (Å²) in [7, 11) is 0. The molecule has 0 aliphatic rings. The molecule has 0 radical (unpaired) electrons. The molecule has 0 unspecified atom stereocenters. The summed E-state index contributed by atoms with van der Waals surface area (Å²) >= 11 is 3.34. The smallest absolute Gasteiger partial charge is 0.265 e. The number of rotatable bonds is 4. The topological polar surface area (TPSA) is 62.1 Å². The minimum atomic E-state index is -0.669.